The predicted molar refractivity (Wildman–Crippen MR) is 86.8 cm³/mol. The van der Waals surface area contributed by atoms with Crippen molar-refractivity contribution in [2.24, 2.45) is 15.3 Å². The van der Waals surface area contributed by atoms with E-state index >= 15 is 0 Å². The number of benzene rings is 2. The molecule has 0 saturated carbocycles. The maximum Gasteiger partial charge on any atom is 0.280 e. The van der Waals surface area contributed by atoms with Gasteiger partial charge in [0.1, 0.15) is 0 Å². The first-order valence-corrected chi connectivity index (χ1v) is 7.13. The van der Waals surface area contributed by atoms with Crippen LogP contribution in [0.5, 0.6) is 0 Å². The average molecular weight is 313 g/mol. The van der Waals surface area contributed by atoms with E-state index < -0.39 is 6.04 Å². The fourth-order valence-electron chi connectivity index (χ4n) is 2.08. The fraction of sp³-hybridized carbons (Fsp3) is 0.125. The Balaban J connectivity index is 1.80. The zero-order valence-electron chi connectivity index (χ0n) is 11.8. The molecule has 5 nitrogen and oxygen atoms in total. The predicted octanol–water partition coefficient (Wildman–Crippen LogP) is 4.22. The van der Waals surface area contributed by atoms with Gasteiger partial charge in [-0.15, -0.1) is 0 Å². The summed E-state index contributed by atoms with van der Waals surface area (Å²) in [5.74, 6) is -0.207. The van der Waals surface area contributed by atoms with Crippen LogP contribution < -0.4 is 5.01 Å². The second-order valence-corrected chi connectivity index (χ2v) is 5.26. The van der Waals surface area contributed by atoms with E-state index in [4.69, 9.17) is 11.6 Å². The maximum atomic E-state index is 12.4. The summed E-state index contributed by atoms with van der Waals surface area (Å²) in [4.78, 5) is 12.4. The van der Waals surface area contributed by atoms with Gasteiger partial charge in [0.05, 0.1) is 17.1 Å². The number of anilines is 1. The SMILES string of the molecule is CC1=NN(c2ccccc2)C(=O)[C@H]1N=Nc1ccc(Cl)cc1. The Bertz CT molecular complexity index is 741. The lowest BCUT2D eigenvalue weighted by Crippen LogP contribution is -2.29. The molecule has 1 atom stereocenters. The number of carbonyl (C=O) groups is 1. The molecule has 0 radical (unpaired) electrons. The molecule has 0 unspecified atom stereocenters. The van der Waals surface area contributed by atoms with Crippen molar-refractivity contribution < 1.29 is 4.79 Å². The quantitative estimate of drug-likeness (QED) is 0.783. The highest BCUT2D eigenvalue weighted by Crippen LogP contribution is 2.23. The molecule has 1 heterocycles. The van der Waals surface area contributed by atoms with Crippen molar-refractivity contribution in [3.8, 4) is 0 Å². The lowest BCUT2D eigenvalue weighted by atomic mass is 10.2. The summed E-state index contributed by atoms with van der Waals surface area (Å²) in [7, 11) is 0. The molecule has 3 rings (SSSR count). The second-order valence-electron chi connectivity index (χ2n) is 4.82. The molecule has 0 aromatic heterocycles. The Kier molecular flexibility index (Phi) is 3.98. The van der Waals surface area contributed by atoms with Gasteiger partial charge in [0, 0.05) is 5.02 Å². The van der Waals surface area contributed by atoms with Crippen LogP contribution in [0, 0.1) is 0 Å². The van der Waals surface area contributed by atoms with E-state index in [1.165, 1.54) is 5.01 Å². The molecular weight excluding hydrogens is 300 g/mol. The van der Waals surface area contributed by atoms with Gasteiger partial charge < -0.3 is 0 Å². The summed E-state index contributed by atoms with van der Waals surface area (Å²) in [5.41, 5.74) is 1.98. The summed E-state index contributed by atoms with van der Waals surface area (Å²) in [5, 5.41) is 14.5. The van der Waals surface area contributed by atoms with Crippen molar-refractivity contribution in [2.45, 2.75) is 13.0 Å². The molecule has 1 aliphatic rings. The molecule has 110 valence electrons. The number of amides is 1. The van der Waals surface area contributed by atoms with Crippen LogP contribution in [0.15, 0.2) is 69.9 Å². The Morgan fingerprint density at radius 3 is 2.45 bits per heavy atom. The zero-order chi connectivity index (χ0) is 15.5. The molecule has 0 N–H and O–H groups in total. The molecule has 0 fully saturated rings. The van der Waals surface area contributed by atoms with Crippen molar-refractivity contribution in [1.82, 2.24) is 0 Å². The van der Waals surface area contributed by atoms with Crippen LogP contribution in [0.4, 0.5) is 11.4 Å². The van der Waals surface area contributed by atoms with Crippen LogP contribution in [-0.2, 0) is 4.79 Å². The molecule has 2 aromatic rings. The normalized spacial score (nSPS) is 18.1. The summed E-state index contributed by atoms with van der Waals surface area (Å²) in [6.45, 7) is 1.77. The van der Waals surface area contributed by atoms with Crippen molar-refractivity contribution in [1.29, 1.82) is 0 Å². The Morgan fingerprint density at radius 2 is 1.77 bits per heavy atom. The van der Waals surface area contributed by atoms with Gasteiger partial charge in [0.15, 0.2) is 6.04 Å². The third-order valence-electron chi connectivity index (χ3n) is 3.21. The fourth-order valence-corrected chi connectivity index (χ4v) is 2.20. The Labute approximate surface area is 132 Å². The van der Waals surface area contributed by atoms with Crippen LogP contribution in [0.3, 0.4) is 0 Å². The third kappa shape index (κ3) is 2.89. The number of nitrogens with zero attached hydrogens (tertiary/aromatic N) is 4. The lowest BCUT2D eigenvalue weighted by molar-refractivity contribution is -0.117. The summed E-state index contributed by atoms with van der Waals surface area (Å²) >= 11 is 5.82. The molecule has 0 saturated heterocycles. The Hall–Kier alpha value is -2.53. The molecule has 1 amide bonds. The van der Waals surface area contributed by atoms with E-state index in [9.17, 15) is 4.79 Å². The van der Waals surface area contributed by atoms with E-state index in [0.29, 0.717) is 16.4 Å². The van der Waals surface area contributed by atoms with E-state index in [0.717, 1.165) is 5.69 Å². The van der Waals surface area contributed by atoms with Crippen LogP contribution in [0.2, 0.25) is 5.02 Å². The first-order chi connectivity index (χ1) is 10.6. The van der Waals surface area contributed by atoms with Gasteiger partial charge in [-0.25, -0.2) is 0 Å². The molecule has 22 heavy (non-hydrogen) atoms. The molecular formula is C16H13ClN4O. The van der Waals surface area contributed by atoms with Crippen molar-refractivity contribution in [3.05, 3.63) is 59.6 Å². The van der Waals surface area contributed by atoms with Crippen LogP contribution >= 0.6 is 11.6 Å². The topological polar surface area (TPSA) is 57.4 Å². The number of hydrogen-bond acceptors (Lipinski definition) is 4. The van der Waals surface area contributed by atoms with Gasteiger partial charge in [0.25, 0.3) is 5.91 Å². The Morgan fingerprint density at radius 1 is 1.09 bits per heavy atom. The summed E-state index contributed by atoms with van der Waals surface area (Å²) in [6.07, 6.45) is 0. The first kappa shape index (κ1) is 14.4. The highest BCUT2D eigenvalue weighted by Gasteiger charge is 2.34. The number of azo groups is 1. The second kappa shape index (κ2) is 6.07. The molecule has 0 bridgehead atoms. The van der Waals surface area contributed by atoms with Crippen LogP contribution in [0.1, 0.15) is 6.92 Å². The average Bonchev–Trinajstić information content (AvgIpc) is 2.82. The van der Waals surface area contributed by atoms with Gasteiger partial charge in [-0.3, -0.25) is 4.79 Å². The van der Waals surface area contributed by atoms with Gasteiger partial charge in [-0.05, 0) is 43.3 Å². The number of hydrogen-bond donors (Lipinski definition) is 0. The minimum Gasteiger partial charge on any atom is -0.269 e. The van der Waals surface area contributed by atoms with Crippen LogP contribution in [0.25, 0.3) is 0 Å². The van der Waals surface area contributed by atoms with E-state index in [1.54, 1.807) is 31.2 Å². The third-order valence-corrected chi connectivity index (χ3v) is 3.46. The number of para-hydroxylation sites is 1. The minimum absolute atomic E-state index is 0.207. The number of rotatable bonds is 3. The lowest BCUT2D eigenvalue weighted by Gasteiger charge is -2.11. The molecule has 0 aliphatic carbocycles. The van der Waals surface area contributed by atoms with E-state index in [2.05, 4.69) is 15.3 Å². The molecule has 2 aromatic carbocycles. The van der Waals surface area contributed by atoms with Crippen LogP contribution in [-0.4, -0.2) is 17.7 Å². The van der Waals surface area contributed by atoms with Gasteiger partial charge in [-0.1, -0.05) is 29.8 Å². The highest BCUT2D eigenvalue weighted by molar-refractivity contribution is 6.30. The van der Waals surface area contributed by atoms with Gasteiger partial charge in [-0.2, -0.15) is 20.3 Å². The smallest absolute Gasteiger partial charge is 0.269 e. The van der Waals surface area contributed by atoms with Crippen molar-refractivity contribution in [2.75, 3.05) is 5.01 Å². The highest BCUT2D eigenvalue weighted by atomic mass is 35.5. The zero-order valence-corrected chi connectivity index (χ0v) is 12.6. The standard InChI is InChI=1S/C16H13ClN4O/c1-11-15(19-18-13-9-7-12(17)8-10-13)16(22)21(20-11)14-5-3-2-4-6-14/h2-10,15H,1H3/t15-/m0/s1. The molecule has 6 heteroatoms. The van der Waals surface area contributed by atoms with E-state index in [-0.39, 0.29) is 5.91 Å². The van der Waals surface area contributed by atoms with Gasteiger partial charge >= 0.3 is 0 Å². The van der Waals surface area contributed by atoms with Gasteiger partial charge in [0.2, 0.25) is 0 Å². The van der Waals surface area contributed by atoms with Crippen molar-refractivity contribution in [3.63, 3.8) is 0 Å². The maximum absolute atomic E-state index is 12.4. The first-order valence-electron chi connectivity index (χ1n) is 6.76. The number of carbonyl (C=O) groups excluding carboxylic acids is 1. The molecule has 0 spiro atoms. The number of hydrazone groups is 1. The summed E-state index contributed by atoms with van der Waals surface area (Å²) in [6, 6.07) is 15.5. The monoisotopic (exact) mass is 312 g/mol. The van der Waals surface area contributed by atoms with E-state index in [1.807, 2.05) is 30.3 Å². The van der Waals surface area contributed by atoms with Crippen molar-refractivity contribution >= 4 is 34.6 Å². The minimum atomic E-state index is -0.684. The summed E-state index contributed by atoms with van der Waals surface area (Å²) < 4.78 is 0. The molecule has 1 aliphatic heterocycles. The number of halogens is 1. The largest absolute Gasteiger partial charge is 0.280 e.